The number of nitrogens with zero attached hydrogens (tertiary/aromatic N) is 2. The molecule has 1 fully saturated rings. The number of benzene rings is 1. The van der Waals surface area contributed by atoms with Crippen molar-refractivity contribution in [1.29, 1.82) is 0 Å². The number of aromatic nitrogens is 1. The SMILES string of the molecule is CCOC(=O)c1[nH]c(C)c(/C(O)=C2\C(=O)C(=O)N(CCN(C)C)[C@H]2c2cc(OC)c(OC)c(OC)c2)c1C. The Balaban J connectivity index is 2.30. The number of carbonyl (C=O) groups excluding carboxylic acids is 3. The zero-order chi connectivity index (χ0) is 28.3. The van der Waals surface area contributed by atoms with Gasteiger partial charge in [0.05, 0.1) is 39.6 Å². The topological polar surface area (TPSA) is 131 Å². The summed E-state index contributed by atoms with van der Waals surface area (Å²) in [5, 5.41) is 11.6. The molecule has 2 heterocycles. The first-order chi connectivity index (χ1) is 18.0. The monoisotopic (exact) mass is 529 g/mol. The average molecular weight is 530 g/mol. The molecule has 0 spiro atoms. The van der Waals surface area contributed by atoms with Crippen LogP contribution in [-0.4, -0.2) is 92.7 Å². The average Bonchev–Trinajstić information content (AvgIpc) is 3.33. The summed E-state index contributed by atoms with van der Waals surface area (Å²) in [6.07, 6.45) is 0. The Labute approximate surface area is 221 Å². The summed E-state index contributed by atoms with van der Waals surface area (Å²) in [4.78, 5) is 45.4. The minimum absolute atomic E-state index is 0.108. The van der Waals surface area contributed by atoms with Crippen LogP contribution in [0.4, 0.5) is 0 Å². The molecular formula is C27H35N3O8. The molecule has 1 aromatic heterocycles. The molecule has 1 aliphatic heterocycles. The van der Waals surface area contributed by atoms with E-state index in [0.29, 0.717) is 40.6 Å². The molecule has 1 amide bonds. The lowest BCUT2D eigenvalue weighted by Crippen LogP contribution is -2.35. The summed E-state index contributed by atoms with van der Waals surface area (Å²) in [7, 11) is 8.12. The number of H-pyrrole nitrogens is 1. The second-order valence-corrected chi connectivity index (χ2v) is 9.10. The molecule has 206 valence electrons. The number of aliphatic hydroxyl groups excluding tert-OH is 1. The van der Waals surface area contributed by atoms with E-state index in [4.69, 9.17) is 18.9 Å². The van der Waals surface area contributed by atoms with E-state index in [0.717, 1.165) is 0 Å². The van der Waals surface area contributed by atoms with Crippen molar-refractivity contribution in [3.8, 4) is 17.2 Å². The van der Waals surface area contributed by atoms with Crippen molar-refractivity contribution in [1.82, 2.24) is 14.8 Å². The van der Waals surface area contributed by atoms with Gasteiger partial charge in [-0.25, -0.2) is 4.79 Å². The maximum atomic E-state index is 13.4. The highest BCUT2D eigenvalue weighted by Gasteiger charge is 2.47. The number of likely N-dealkylation sites (N-methyl/N-ethyl adjacent to an activating group) is 1. The first-order valence-electron chi connectivity index (χ1n) is 12.1. The number of hydrogen-bond donors (Lipinski definition) is 2. The molecule has 2 N–H and O–H groups in total. The molecule has 1 aromatic carbocycles. The van der Waals surface area contributed by atoms with E-state index in [1.807, 2.05) is 19.0 Å². The van der Waals surface area contributed by atoms with Crippen LogP contribution in [0.2, 0.25) is 0 Å². The molecule has 0 saturated carbocycles. The van der Waals surface area contributed by atoms with Gasteiger partial charge in [-0.15, -0.1) is 0 Å². The van der Waals surface area contributed by atoms with Crippen LogP contribution < -0.4 is 14.2 Å². The van der Waals surface area contributed by atoms with E-state index in [-0.39, 0.29) is 30.0 Å². The van der Waals surface area contributed by atoms with Gasteiger partial charge in [-0.1, -0.05) is 0 Å². The molecule has 3 rings (SSSR count). The van der Waals surface area contributed by atoms with Crippen LogP contribution in [0.5, 0.6) is 17.2 Å². The lowest BCUT2D eigenvalue weighted by Gasteiger charge is -2.27. The van der Waals surface area contributed by atoms with Crippen molar-refractivity contribution in [3.63, 3.8) is 0 Å². The number of aromatic amines is 1. The number of aliphatic hydroxyl groups is 1. The normalized spacial score (nSPS) is 16.8. The fraction of sp³-hybridized carbons (Fsp3) is 0.444. The highest BCUT2D eigenvalue weighted by atomic mass is 16.5. The third-order valence-electron chi connectivity index (χ3n) is 6.48. The van der Waals surface area contributed by atoms with Gasteiger partial charge < -0.3 is 38.8 Å². The van der Waals surface area contributed by atoms with Crippen LogP contribution in [0.3, 0.4) is 0 Å². The van der Waals surface area contributed by atoms with Crippen LogP contribution >= 0.6 is 0 Å². The van der Waals surface area contributed by atoms with Gasteiger partial charge in [0.1, 0.15) is 11.5 Å². The molecule has 1 atom stereocenters. The minimum atomic E-state index is -0.955. The lowest BCUT2D eigenvalue weighted by atomic mass is 9.93. The van der Waals surface area contributed by atoms with Crippen molar-refractivity contribution in [3.05, 3.63) is 45.8 Å². The van der Waals surface area contributed by atoms with Crippen LogP contribution in [0, 0.1) is 13.8 Å². The zero-order valence-electron chi connectivity index (χ0n) is 23.1. The highest BCUT2D eigenvalue weighted by Crippen LogP contribution is 2.46. The summed E-state index contributed by atoms with van der Waals surface area (Å²) in [5.41, 5.74) is 1.65. The highest BCUT2D eigenvalue weighted by molar-refractivity contribution is 6.46. The van der Waals surface area contributed by atoms with E-state index >= 15 is 0 Å². The van der Waals surface area contributed by atoms with E-state index in [1.54, 1.807) is 32.9 Å². The fourth-order valence-corrected chi connectivity index (χ4v) is 4.67. The second-order valence-electron chi connectivity index (χ2n) is 9.10. The number of amides is 1. The predicted molar refractivity (Wildman–Crippen MR) is 140 cm³/mol. The quantitative estimate of drug-likeness (QED) is 0.206. The number of likely N-dealkylation sites (tertiary alicyclic amines) is 1. The number of hydrogen-bond acceptors (Lipinski definition) is 9. The maximum absolute atomic E-state index is 13.4. The molecule has 11 heteroatoms. The summed E-state index contributed by atoms with van der Waals surface area (Å²) in [5.74, 6) is -1.55. The third-order valence-corrected chi connectivity index (χ3v) is 6.48. The standard InChI is InChI=1S/C27H35N3O8/c1-9-38-27(34)21-14(2)19(15(3)28-21)23(31)20-22(30(11-10-29(4)5)26(33)24(20)32)16-12-17(35-6)25(37-8)18(13-16)36-7/h12-13,22,28,31H,9-11H2,1-8H3/b23-20+/t22-/m0/s1. The number of aryl methyl sites for hydroxylation is 1. The molecule has 0 bridgehead atoms. The molecule has 1 aliphatic rings. The minimum Gasteiger partial charge on any atom is -0.507 e. The Morgan fingerprint density at radius 1 is 1.08 bits per heavy atom. The molecular weight excluding hydrogens is 494 g/mol. The molecule has 2 aromatic rings. The Kier molecular flexibility index (Phi) is 8.72. The van der Waals surface area contributed by atoms with Crippen molar-refractivity contribution in [2.24, 2.45) is 0 Å². The Morgan fingerprint density at radius 3 is 2.18 bits per heavy atom. The van der Waals surface area contributed by atoms with Gasteiger partial charge in [0, 0.05) is 24.3 Å². The number of Topliss-reactive ketones (excluding diaryl/α,β-unsaturated/α-hetero) is 1. The largest absolute Gasteiger partial charge is 0.507 e. The molecule has 0 unspecified atom stereocenters. The number of esters is 1. The van der Waals surface area contributed by atoms with Crippen LogP contribution in [0.25, 0.3) is 5.76 Å². The van der Waals surface area contributed by atoms with Crippen molar-refractivity contribution < 1.29 is 38.4 Å². The van der Waals surface area contributed by atoms with Gasteiger partial charge >= 0.3 is 5.97 Å². The number of ether oxygens (including phenoxy) is 4. The maximum Gasteiger partial charge on any atom is 0.355 e. The molecule has 38 heavy (non-hydrogen) atoms. The number of ketones is 1. The van der Waals surface area contributed by atoms with E-state index in [2.05, 4.69) is 4.98 Å². The summed E-state index contributed by atoms with van der Waals surface area (Å²) >= 11 is 0. The van der Waals surface area contributed by atoms with Crippen molar-refractivity contribution in [2.75, 3.05) is 55.1 Å². The van der Waals surface area contributed by atoms with Gasteiger partial charge in [-0.05, 0) is 58.1 Å². The van der Waals surface area contributed by atoms with Crippen LogP contribution in [0.15, 0.2) is 17.7 Å². The number of carbonyl (C=O) groups is 3. The van der Waals surface area contributed by atoms with E-state index < -0.39 is 29.5 Å². The van der Waals surface area contributed by atoms with Crippen LogP contribution in [-0.2, 0) is 14.3 Å². The fourth-order valence-electron chi connectivity index (χ4n) is 4.67. The Bertz CT molecular complexity index is 1250. The molecule has 11 nitrogen and oxygen atoms in total. The summed E-state index contributed by atoms with van der Waals surface area (Å²) in [6, 6.07) is 2.34. The molecule has 0 radical (unpaired) electrons. The van der Waals surface area contributed by atoms with E-state index in [9.17, 15) is 19.5 Å². The smallest absolute Gasteiger partial charge is 0.355 e. The number of nitrogens with one attached hydrogen (secondary N) is 1. The van der Waals surface area contributed by atoms with Gasteiger partial charge in [-0.2, -0.15) is 0 Å². The van der Waals surface area contributed by atoms with Crippen LogP contribution in [0.1, 0.15) is 45.8 Å². The molecule has 1 saturated heterocycles. The van der Waals surface area contributed by atoms with Gasteiger partial charge in [0.25, 0.3) is 11.7 Å². The Morgan fingerprint density at radius 2 is 1.68 bits per heavy atom. The first-order valence-corrected chi connectivity index (χ1v) is 12.1. The van der Waals surface area contributed by atoms with Crippen molar-refractivity contribution >= 4 is 23.4 Å². The van der Waals surface area contributed by atoms with Gasteiger partial charge in [0.15, 0.2) is 11.5 Å². The second kappa shape index (κ2) is 11.6. The number of methoxy groups -OCH3 is 3. The van der Waals surface area contributed by atoms with Crippen molar-refractivity contribution in [2.45, 2.75) is 26.8 Å². The molecule has 0 aliphatic carbocycles. The summed E-state index contributed by atoms with van der Waals surface area (Å²) in [6.45, 7) is 5.87. The summed E-state index contributed by atoms with van der Waals surface area (Å²) < 4.78 is 21.5. The number of rotatable bonds is 10. The lowest BCUT2D eigenvalue weighted by molar-refractivity contribution is -0.140. The van der Waals surface area contributed by atoms with E-state index in [1.165, 1.54) is 26.2 Å². The third kappa shape index (κ3) is 5.06. The predicted octanol–water partition coefficient (Wildman–Crippen LogP) is 2.82. The zero-order valence-corrected chi connectivity index (χ0v) is 23.1. The first kappa shape index (κ1) is 28.6. The van der Waals surface area contributed by atoms with Gasteiger partial charge in [0.2, 0.25) is 5.75 Å². The van der Waals surface area contributed by atoms with Gasteiger partial charge in [-0.3, -0.25) is 9.59 Å². The Hall–Kier alpha value is -3.99.